The summed E-state index contributed by atoms with van der Waals surface area (Å²) in [6.45, 7) is 4.91. The molecule has 16 heavy (non-hydrogen) atoms. The molecule has 1 amide bonds. The van der Waals surface area contributed by atoms with Gasteiger partial charge < -0.3 is 14.4 Å². The Bertz CT molecular complexity index is 385. The zero-order valence-electron chi connectivity index (χ0n) is 9.64. The second kappa shape index (κ2) is 4.29. The van der Waals surface area contributed by atoms with Crippen LogP contribution in [0.25, 0.3) is 0 Å². The van der Waals surface area contributed by atoms with E-state index >= 15 is 0 Å². The van der Waals surface area contributed by atoms with Crippen LogP contribution in [0, 0.1) is 12.8 Å². The van der Waals surface area contributed by atoms with Crippen LogP contribution in [0.1, 0.15) is 29.5 Å². The number of rotatable bonds is 1. The normalized spacial score (nSPS) is 25.8. The predicted octanol–water partition coefficient (Wildman–Crippen LogP) is 1.43. The van der Waals surface area contributed by atoms with Gasteiger partial charge in [-0.05, 0) is 25.3 Å². The van der Waals surface area contributed by atoms with Crippen molar-refractivity contribution in [3.8, 4) is 0 Å². The molecule has 1 aliphatic rings. The van der Waals surface area contributed by atoms with Crippen molar-refractivity contribution in [2.45, 2.75) is 26.4 Å². The Kier molecular flexibility index (Phi) is 3.01. The summed E-state index contributed by atoms with van der Waals surface area (Å²) in [4.78, 5) is 13.8. The fourth-order valence-corrected chi connectivity index (χ4v) is 2.01. The Morgan fingerprint density at radius 2 is 2.38 bits per heavy atom. The van der Waals surface area contributed by atoms with E-state index in [9.17, 15) is 9.90 Å². The van der Waals surface area contributed by atoms with Crippen LogP contribution >= 0.6 is 0 Å². The standard InChI is InChI=1S/C12H17NO3/c1-8-3-5-13(7-11(8)14)12(15)10-4-6-16-9(10)2/h4,6,8,11,14H,3,5,7H2,1-2H3. The molecule has 0 spiro atoms. The Labute approximate surface area is 94.9 Å². The minimum Gasteiger partial charge on any atom is -0.469 e. The van der Waals surface area contributed by atoms with Gasteiger partial charge in [0.05, 0.1) is 17.9 Å². The molecule has 88 valence electrons. The van der Waals surface area contributed by atoms with Gasteiger partial charge in [-0.2, -0.15) is 0 Å². The summed E-state index contributed by atoms with van der Waals surface area (Å²) in [6.07, 6.45) is 1.96. The fraction of sp³-hybridized carbons (Fsp3) is 0.583. The van der Waals surface area contributed by atoms with Crippen LogP contribution in [-0.4, -0.2) is 35.1 Å². The number of nitrogens with zero attached hydrogens (tertiary/aromatic N) is 1. The number of carbonyl (C=O) groups is 1. The Morgan fingerprint density at radius 3 is 2.94 bits per heavy atom. The molecule has 0 aromatic carbocycles. The third kappa shape index (κ3) is 1.97. The van der Waals surface area contributed by atoms with E-state index in [1.807, 2.05) is 6.92 Å². The Balaban J connectivity index is 2.09. The highest BCUT2D eigenvalue weighted by Gasteiger charge is 2.28. The molecule has 4 nitrogen and oxygen atoms in total. The molecule has 1 aliphatic heterocycles. The van der Waals surface area contributed by atoms with E-state index in [4.69, 9.17) is 4.42 Å². The van der Waals surface area contributed by atoms with E-state index in [0.717, 1.165) is 6.42 Å². The average molecular weight is 223 g/mol. The van der Waals surface area contributed by atoms with Crippen LogP contribution in [0.5, 0.6) is 0 Å². The number of aryl methyl sites for hydroxylation is 1. The molecule has 0 saturated carbocycles. The van der Waals surface area contributed by atoms with E-state index in [-0.39, 0.29) is 11.8 Å². The summed E-state index contributed by atoms with van der Waals surface area (Å²) in [5, 5.41) is 9.75. The molecule has 4 heteroatoms. The quantitative estimate of drug-likeness (QED) is 0.783. The second-order valence-electron chi connectivity index (χ2n) is 4.47. The molecular formula is C12H17NO3. The monoisotopic (exact) mass is 223 g/mol. The van der Waals surface area contributed by atoms with E-state index in [2.05, 4.69) is 0 Å². The largest absolute Gasteiger partial charge is 0.469 e. The van der Waals surface area contributed by atoms with Gasteiger partial charge in [-0.1, -0.05) is 6.92 Å². The van der Waals surface area contributed by atoms with Gasteiger partial charge in [0.15, 0.2) is 0 Å². The number of hydrogen-bond acceptors (Lipinski definition) is 3. The molecule has 2 atom stereocenters. The summed E-state index contributed by atoms with van der Waals surface area (Å²) in [5.41, 5.74) is 0.599. The first-order valence-electron chi connectivity index (χ1n) is 5.61. The first kappa shape index (κ1) is 11.2. The lowest BCUT2D eigenvalue weighted by Crippen LogP contribution is -2.45. The van der Waals surface area contributed by atoms with Crippen LogP contribution < -0.4 is 0 Å². The maximum atomic E-state index is 12.1. The van der Waals surface area contributed by atoms with Gasteiger partial charge in [-0.25, -0.2) is 0 Å². The molecule has 1 saturated heterocycles. The molecule has 2 heterocycles. The van der Waals surface area contributed by atoms with Gasteiger partial charge in [-0.15, -0.1) is 0 Å². The predicted molar refractivity (Wildman–Crippen MR) is 59.1 cm³/mol. The lowest BCUT2D eigenvalue weighted by Gasteiger charge is -2.34. The zero-order valence-corrected chi connectivity index (χ0v) is 9.64. The highest BCUT2D eigenvalue weighted by Crippen LogP contribution is 2.20. The smallest absolute Gasteiger partial charge is 0.257 e. The van der Waals surface area contributed by atoms with E-state index in [0.29, 0.717) is 24.4 Å². The van der Waals surface area contributed by atoms with Crippen molar-refractivity contribution in [3.05, 3.63) is 23.7 Å². The summed E-state index contributed by atoms with van der Waals surface area (Å²) in [7, 11) is 0. The van der Waals surface area contributed by atoms with E-state index in [1.165, 1.54) is 6.26 Å². The Hall–Kier alpha value is -1.29. The van der Waals surface area contributed by atoms with Gasteiger partial charge in [-0.3, -0.25) is 4.79 Å². The molecule has 1 aromatic heterocycles. The molecule has 2 rings (SSSR count). The third-order valence-electron chi connectivity index (χ3n) is 3.30. The SMILES string of the molecule is Cc1occc1C(=O)N1CCC(C)C(O)C1. The summed E-state index contributed by atoms with van der Waals surface area (Å²) < 4.78 is 5.11. The number of piperidine rings is 1. The maximum absolute atomic E-state index is 12.1. The number of carbonyl (C=O) groups excluding carboxylic acids is 1. The lowest BCUT2D eigenvalue weighted by molar-refractivity contribution is 0.0247. The van der Waals surface area contributed by atoms with Crippen LogP contribution in [0.4, 0.5) is 0 Å². The van der Waals surface area contributed by atoms with Crippen molar-refractivity contribution in [1.82, 2.24) is 4.90 Å². The van der Waals surface area contributed by atoms with Gasteiger partial charge >= 0.3 is 0 Å². The van der Waals surface area contributed by atoms with E-state index in [1.54, 1.807) is 17.9 Å². The highest BCUT2D eigenvalue weighted by molar-refractivity contribution is 5.95. The number of furan rings is 1. The molecule has 1 aromatic rings. The van der Waals surface area contributed by atoms with Crippen molar-refractivity contribution < 1.29 is 14.3 Å². The van der Waals surface area contributed by atoms with Crippen LogP contribution in [0.3, 0.4) is 0 Å². The first-order chi connectivity index (χ1) is 7.59. The third-order valence-corrected chi connectivity index (χ3v) is 3.30. The molecule has 1 fully saturated rings. The highest BCUT2D eigenvalue weighted by atomic mass is 16.3. The summed E-state index contributed by atoms with van der Waals surface area (Å²) >= 11 is 0. The average Bonchev–Trinajstić information content (AvgIpc) is 2.67. The van der Waals surface area contributed by atoms with Crippen molar-refractivity contribution in [2.75, 3.05) is 13.1 Å². The van der Waals surface area contributed by atoms with Crippen molar-refractivity contribution in [2.24, 2.45) is 5.92 Å². The number of amides is 1. The van der Waals surface area contributed by atoms with Crippen LogP contribution in [0.15, 0.2) is 16.7 Å². The minimum atomic E-state index is -0.412. The van der Waals surface area contributed by atoms with Gasteiger partial charge in [0.25, 0.3) is 5.91 Å². The number of β-amino-alcohol motifs (C(OH)–C–C–N with tert-alkyl or cyclic N) is 1. The topological polar surface area (TPSA) is 53.7 Å². The molecular weight excluding hydrogens is 206 g/mol. The maximum Gasteiger partial charge on any atom is 0.257 e. The summed E-state index contributed by atoms with van der Waals surface area (Å²) in [5.74, 6) is 0.866. The van der Waals surface area contributed by atoms with Crippen LogP contribution in [-0.2, 0) is 0 Å². The minimum absolute atomic E-state index is 0.0443. The molecule has 1 N–H and O–H groups in total. The Morgan fingerprint density at radius 1 is 1.62 bits per heavy atom. The van der Waals surface area contributed by atoms with Crippen molar-refractivity contribution in [3.63, 3.8) is 0 Å². The molecule has 0 aliphatic carbocycles. The van der Waals surface area contributed by atoms with Gasteiger partial charge in [0.2, 0.25) is 0 Å². The van der Waals surface area contributed by atoms with Crippen molar-refractivity contribution >= 4 is 5.91 Å². The van der Waals surface area contributed by atoms with E-state index < -0.39 is 6.10 Å². The second-order valence-corrected chi connectivity index (χ2v) is 4.47. The van der Waals surface area contributed by atoms with Gasteiger partial charge in [0, 0.05) is 13.1 Å². The number of hydrogen-bond donors (Lipinski definition) is 1. The fourth-order valence-electron chi connectivity index (χ4n) is 2.01. The molecule has 0 bridgehead atoms. The summed E-state index contributed by atoms with van der Waals surface area (Å²) in [6, 6.07) is 1.68. The molecule has 2 unspecified atom stereocenters. The van der Waals surface area contributed by atoms with Crippen molar-refractivity contribution in [1.29, 1.82) is 0 Å². The zero-order chi connectivity index (χ0) is 11.7. The number of aliphatic hydroxyl groups is 1. The first-order valence-corrected chi connectivity index (χ1v) is 5.61. The van der Waals surface area contributed by atoms with Gasteiger partial charge in [0.1, 0.15) is 5.76 Å². The molecule has 0 radical (unpaired) electrons. The number of aliphatic hydroxyl groups excluding tert-OH is 1. The van der Waals surface area contributed by atoms with Crippen LogP contribution in [0.2, 0.25) is 0 Å². The lowest BCUT2D eigenvalue weighted by atomic mass is 9.95. The number of likely N-dealkylation sites (tertiary alicyclic amines) is 1.